The Balaban J connectivity index is 1.49. The van der Waals surface area contributed by atoms with Crippen LogP contribution in [0.3, 0.4) is 0 Å². The van der Waals surface area contributed by atoms with E-state index in [4.69, 9.17) is 9.47 Å². The minimum Gasteiger partial charge on any atom is -0.389 e. The van der Waals surface area contributed by atoms with Crippen LogP contribution in [0.15, 0.2) is 12.4 Å². The molecule has 4 atom stereocenters. The highest BCUT2D eigenvalue weighted by molar-refractivity contribution is 5.77. The normalized spacial score (nSPS) is 35.1. The van der Waals surface area contributed by atoms with Gasteiger partial charge in [-0.1, -0.05) is 0 Å². The summed E-state index contributed by atoms with van der Waals surface area (Å²) in [5.74, 6) is 0.131. The Bertz CT molecular complexity index is 634. The second-order valence-corrected chi connectivity index (χ2v) is 7.62. The van der Waals surface area contributed by atoms with E-state index in [0.717, 1.165) is 12.0 Å². The fourth-order valence-corrected chi connectivity index (χ4v) is 4.74. The number of ether oxygens (including phenoxy) is 2. The summed E-state index contributed by atoms with van der Waals surface area (Å²) in [7, 11) is 1.88. The van der Waals surface area contributed by atoms with Gasteiger partial charge in [-0.2, -0.15) is 5.10 Å². The molecule has 0 radical (unpaired) electrons. The average molecular weight is 349 g/mol. The van der Waals surface area contributed by atoms with Crippen molar-refractivity contribution < 1.29 is 19.4 Å². The number of hydrogen-bond acceptors (Lipinski definition) is 5. The van der Waals surface area contributed by atoms with Gasteiger partial charge in [0.05, 0.1) is 25.0 Å². The van der Waals surface area contributed by atoms with Crippen LogP contribution < -0.4 is 0 Å². The van der Waals surface area contributed by atoms with Crippen LogP contribution in [0.25, 0.3) is 0 Å². The first-order valence-corrected chi connectivity index (χ1v) is 9.23. The van der Waals surface area contributed by atoms with E-state index < -0.39 is 5.60 Å². The van der Waals surface area contributed by atoms with Crippen molar-refractivity contribution >= 4 is 5.91 Å². The third-order valence-corrected chi connectivity index (χ3v) is 6.16. The lowest BCUT2D eigenvalue weighted by atomic mass is 9.66. The topological polar surface area (TPSA) is 76.8 Å². The van der Waals surface area contributed by atoms with E-state index in [1.165, 1.54) is 0 Å². The lowest BCUT2D eigenvalue weighted by Gasteiger charge is -2.57. The van der Waals surface area contributed by atoms with Crippen LogP contribution in [0, 0.1) is 11.8 Å². The van der Waals surface area contributed by atoms with Crippen LogP contribution in [0.4, 0.5) is 0 Å². The molecule has 0 unspecified atom stereocenters. The van der Waals surface area contributed by atoms with Crippen LogP contribution in [0.1, 0.15) is 24.8 Å². The summed E-state index contributed by atoms with van der Waals surface area (Å²) in [5.41, 5.74) is 0.317. The maximum absolute atomic E-state index is 12.9. The first-order chi connectivity index (χ1) is 12.1. The van der Waals surface area contributed by atoms with E-state index in [0.29, 0.717) is 52.2 Å². The van der Waals surface area contributed by atoms with Gasteiger partial charge in [-0.05, 0) is 18.4 Å². The van der Waals surface area contributed by atoms with Gasteiger partial charge >= 0.3 is 0 Å². The number of aromatic nitrogens is 2. The number of amides is 1. The number of rotatable bonds is 3. The Morgan fingerprint density at radius 1 is 1.40 bits per heavy atom. The molecule has 7 nitrogen and oxygen atoms in total. The van der Waals surface area contributed by atoms with Crippen LogP contribution in [0.2, 0.25) is 0 Å². The molecule has 25 heavy (non-hydrogen) atoms. The monoisotopic (exact) mass is 349 g/mol. The lowest BCUT2D eigenvalue weighted by Crippen LogP contribution is -2.68. The number of hydrogen-bond donors (Lipinski definition) is 1. The van der Waals surface area contributed by atoms with Crippen molar-refractivity contribution in [1.29, 1.82) is 0 Å². The van der Waals surface area contributed by atoms with Gasteiger partial charge in [-0.25, -0.2) is 0 Å². The molecule has 1 amide bonds. The standard InChI is InChI=1S/C18H27N3O4/c1-20-9-13(8-19-20)2-3-17(22)21-10-14-11-25-7-5-18(14,23)15-12-24-6-4-16(15)21/h8-9,14-16,23H,2-7,10-12H2,1H3/t14-,15+,16-,18-/m0/s1. The predicted octanol–water partition coefficient (Wildman–Crippen LogP) is 0.368. The summed E-state index contributed by atoms with van der Waals surface area (Å²) < 4.78 is 13.0. The third kappa shape index (κ3) is 3.09. The maximum atomic E-state index is 12.9. The minimum atomic E-state index is -0.760. The zero-order valence-corrected chi connectivity index (χ0v) is 14.8. The van der Waals surface area contributed by atoms with Crippen molar-refractivity contribution in [3.8, 4) is 0 Å². The molecular formula is C18H27N3O4. The third-order valence-electron chi connectivity index (χ3n) is 6.16. The molecule has 3 aliphatic heterocycles. The molecule has 7 heteroatoms. The van der Waals surface area contributed by atoms with Crippen LogP contribution >= 0.6 is 0 Å². The Kier molecular flexibility index (Phi) is 4.56. The molecule has 1 aromatic rings. The van der Waals surface area contributed by atoms with Gasteiger partial charge in [0.2, 0.25) is 5.91 Å². The summed E-state index contributed by atoms with van der Waals surface area (Å²) in [6.45, 7) is 2.88. The number of nitrogens with zero attached hydrogens (tertiary/aromatic N) is 3. The Morgan fingerprint density at radius 3 is 3.04 bits per heavy atom. The van der Waals surface area contributed by atoms with E-state index >= 15 is 0 Å². The largest absolute Gasteiger partial charge is 0.389 e. The Labute approximate surface area is 147 Å². The molecule has 4 heterocycles. The number of aryl methyl sites for hydroxylation is 2. The highest BCUT2D eigenvalue weighted by atomic mass is 16.5. The molecule has 0 saturated carbocycles. The molecule has 0 bridgehead atoms. The second kappa shape index (κ2) is 6.70. The van der Waals surface area contributed by atoms with E-state index in [9.17, 15) is 9.90 Å². The Morgan fingerprint density at radius 2 is 2.24 bits per heavy atom. The van der Waals surface area contributed by atoms with Crippen molar-refractivity contribution in [2.45, 2.75) is 37.3 Å². The molecular weight excluding hydrogens is 322 g/mol. The van der Waals surface area contributed by atoms with E-state index in [1.54, 1.807) is 4.68 Å². The van der Waals surface area contributed by atoms with Gasteiger partial charge in [0.15, 0.2) is 0 Å². The molecule has 4 rings (SSSR count). The molecule has 138 valence electrons. The maximum Gasteiger partial charge on any atom is 0.223 e. The quantitative estimate of drug-likeness (QED) is 0.853. The van der Waals surface area contributed by atoms with Crippen LogP contribution in [-0.4, -0.2) is 70.3 Å². The van der Waals surface area contributed by atoms with Gasteiger partial charge in [0, 0.05) is 63.7 Å². The number of piperidine rings is 1. The Hall–Kier alpha value is -1.44. The molecule has 3 fully saturated rings. The van der Waals surface area contributed by atoms with Gasteiger partial charge in [0.25, 0.3) is 0 Å². The van der Waals surface area contributed by atoms with Crippen LogP contribution in [0.5, 0.6) is 0 Å². The van der Waals surface area contributed by atoms with Gasteiger partial charge in [-0.15, -0.1) is 0 Å². The van der Waals surface area contributed by atoms with Crippen molar-refractivity contribution in [1.82, 2.24) is 14.7 Å². The van der Waals surface area contributed by atoms with E-state index in [1.807, 2.05) is 24.3 Å². The van der Waals surface area contributed by atoms with Crippen molar-refractivity contribution in [3.05, 3.63) is 18.0 Å². The predicted molar refractivity (Wildman–Crippen MR) is 89.8 cm³/mol. The summed E-state index contributed by atoms with van der Waals surface area (Å²) in [6, 6.07) is 0.0782. The zero-order valence-electron chi connectivity index (χ0n) is 14.8. The van der Waals surface area contributed by atoms with Gasteiger partial charge < -0.3 is 19.5 Å². The SMILES string of the molecule is Cn1cc(CCC(=O)N2C[C@H]3COCC[C@@]3(O)[C@@H]3COCC[C@@H]32)cn1. The van der Waals surface area contributed by atoms with Gasteiger partial charge in [0.1, 0.15) is 0 Å². The van der Waals surface area contributed by atoms with Crippen molar-refractivity contribution in [3.63, 3.8) is 0 Å². The fourth-order valence-electron chi connectivity index (χ4n) is 4.74. The first kappa shape index (κ1) is 17.0. The summed E-state index contributed by atoms with van der Waals surface area (Å²) >= 11 is 0. The molecule has 1 N–H and O–H groups in total. The number of carbonyl (C=O) groups is 1. The zero-order chi connectivity index (χ0) is 17.4. The molecule has 3 aliphatic rings. The lowest BCUT2D eigenvalue weighted by molar-refractivity contribution is -0.219. The average Bonchev–Trinajstić information content (AvgIpc) is 3.04. The summed E-state index contributed by atoms with van der Waals surface area (Å²) in [5, 5.41) is 15.4. The molecule has 0 aliphatic carbocycles. The van der Waals surface area contributed by atoms with Crippen LogP contribution in [-0.2, 0) is 27.7 Å². The number of fused-ring (bicyclic) bond motifs is 3. The van der Waals surface area contributed by atoms with Crippen molar-refractivity contribution in [2.24, 2.45) is 18.9 Å². The van der Waals surface area contributed by atoms with Crippen molar-refractivity contribution in [2.75, 3.05) is 33.0 Å². The second-order valence-electron chi connectivity index (χ2n) is 7.62. The minimum absolute atomic E-state index is 0.00811. The molecule has 3 saturated heterocycles. The van der Waals surface area contributed by atoms with Gasteiger partial charge in [-0.3, -0.25) is 9.48 Å². The molecule has 1 aromatic heterocycles. The smallest absolute Gasteiger partial charge is 0.223 e. The highest BCUT2D eigenvalue weighted by Gasteiger charge is 2.56. The fraction of sp³-hybridized carbons (Fsp3) is 0.778. The summed E-state index contributed by atoms with van der Waals surface area (Å²) in [6.07, 6.45) is 6.38. The first-order valence-electron chi connectivity index (χ1n) is 9.23. The number of likely N-dealkylation sites (tertiary alicyclic amines) is 1. The highest BCUT2D eigenvalue weighted by Crippen LogP contribution is 2.44. The number of carbonyl (C=O) groups excluding carboxylic acids is 1. The summed E-state index contributed by atoms with van der Waals surface area (Å²) in [4.78, 5) is 14.9. The van der Waals surface area contributed by atoms with E-state index in [2.05, 4.69) is 5.10 Å². The number of aliphatic hydroxyl groups is 1. The molecule has 0 spiro atoms. The molecule has 0 aromatic carbocycles. The van der Waals surface area contributed by atoms with E-state index in [-0.39, 0.29) is 23.8 Å².